The van der Waals surface area contributed by atoms with Crippen molar-refractivity contribution in [2.75, 3.05) is 0 Å². The number of aromatic nitrogens is 2. The average Bonchev–Trinajstić information content (AvgIpc) is 2.76. The van der Waals surface area contributed by atoms with E-state index in [1.54, 1.807) is 6.07 Å². The average molecular weight is 254 g/mol. The first kappa shape index (κ1) is 11.9. The summed E-state index contributed by atoms with van der Waals surface area (Å²) < 4.78 is 10.4. The second kappa shape index (κ2) is 5.16. The summed E-state index contributed by atoms with van der Waals surface area (Å²) in [6, 6.07) is 5.41. The Balaban J connectivity index is 2.02. The van der Waals surface area contributed by atoms with E-state index >= 15 is 0 Å². The predicted molar refractivity (Wildman–Crippen MR) is 62.7 cm³/mol. The number of nitrogens with two attached hydrogens (primary N) is 1. The first-order valence-corrected chi connectivity index (χ1v) is 5.47. The van der Waals surface area contributed by atoms with Crippen LogP contribution in [0.2, 0.25) is 5.02 Å². The van der Waals surface area contributed by atoms with Crippen LogP contribution in [0.25, 0.3) is 0 Å². The van der Waals surface area contributed by atoms with Gasteiger partial charge < -0.3 is 15.0 Å². The van der Waals surface area contributed by atoms with Gasteiger partial charge in [-0.15, -0.1) is 0 Å². The van der Waals surface area contributed by atoms with Gasteiger partial charge in [0.25, 0.3) is 0 Å². The minimum absolute atomic E-state index is 0.229. The lowest BCUT2D eigenvalue weighted by Crippen LogP contribution is -2.00. The smallest absolute Gasteiger partial charge is 0.240 e. The molecular formula is C11H12ClN3O2. The summed E-state index contributed by atoms with van der Waals surface area (Å²) >= 11 is 5.85. The van der Waals surface area contributed by atoms with Crippen LogP contribution in [-0.4, -0.2) is 10.1 Å². The van der Waals surface area contributed by atoms with E-state index in [4.69, 9.17) is 26.6 Å². The Labute approximate surface area is 104 Å². The van der Waals surface area contributed by atoms with Crippen molar-refractivity contribution in [1.29, 1.82) is 0 Å². The van der Waals surface area contributed by atoms with E-state index in [2.05, 4.69) is 10.1 Å². The van der Waals surface area contributed by atoms with Crippen molar-refractivity contribution in [3.8, 4) is 5.75 Å². The Kier molecular flexibility index (Phi) is 3.61. The number of benzene rings is 1. The minimum atomic E-state index is 0.229. The topological polar surface area (TPSA) is 74.2 Å². The standard InChI is InChI=1S/C11H12ClN3O2/c1-7-4-8(12)2-3-9(7)16-6-10-14-11(5-13)17-15-10/h2-4H,5-6,13H2,1H3. The summed E-state index contributed by atoms with van der Waals surface area (Å²) in [4.78, 5) is 4.04. The molecule has 1 aromatic heterocycles. The molecule has 0 amide bonds. The third-order valence-electron chi connectivity index (χ3n) is 2.18. The molecule has 2 N–H and O–H groups in total. The number of halogens is 1. The van der Waals surface area contributed by atoms with E-state index in [1.165, 1.54) is 0 Å². The number of ether oxygens (including phenoxy) is 1. The van der Waals surface area contributed by atoms with Crippen LogP contribution in [-0.2, 0) is 13.2 Å². The molecule has 0 spiro atoms. The number of aryl methyl sites for hydroxylation is 1. The molecule has 6 heteroatoms. The zero-order valence-corrected chi connectivity index (χ0v) is 10.1. The van der Waals surface area contributed by atoms with E-state index in [-0.39, 0.29) is 13.2 Å². The molecule has 0 radical (unpaired) electrons. The first-order chi connectivity index (χ1) is 8.19. The van der Waals surface area contributed by atoms with Crippen molar-refractivity contribution in [3.63, 3.8) is 0 Å². The molecule has 17 heavy (non-hydrogen) atoms. The Hall–Kier alpha value is -1.59. The monoisotopic (exact) mass is 253 g/mol. The van der Waals surface area contributed by atoms with Crippen LogP contribution in [0.5, 0.6) is 5.75 Å². The van der Waals surface area contributed by atoms with Crippen molar-refractivity contribution in [1.82, 2.24) is 10.1 Å². The summed E-state index contributed by atoms with van der Waals surface area (Å²) in [7, 11) is 0. The SMILES string of the molecule is Cc1cc(Cl)ccc1OCc1noc(CN)n1. The fourth-order valence-corrected chi connectivity index (χ4v) is 1.58. The largest absolute Gasteiger partial charge is 0.485 e. The normalized spacial score (nSPS) is 10.5. The zero-order valence-electron chi connectivity index (χ0n) is 9.31. The Morgan fingerprint density at radius 3 is 2.94 bits per heavy atom. The maximum Gasteiger partial charge on any atom is 0.240 e. The summed E-state index contributed by atoms with van der Waals surface area (Å²) in [6.07, 6.45) is 0. The van der Waals surface area contributed by atoms with Crippen LogP contribution in [0.3, 0.4) is 0 Å². The Morgan fingerprint density at radius 1 is 1.47 bits per heavy atom. The van der Waals surface area contributed by atoms with Crippen molar-refractivity contribution in [2.24, 2.45) is 5.73 Å². The highest BCUT2D eigenvalue weighted by Crippen LogP contribution is 2.22. The highest BCUT2D eigenvalue weighted by molar-refractivity contribution is 6.30. The molecular weight excluding hydrogens is 242 g/mol. The lowest BCUT2D eigenvalue weighted by Gasteiger charge is -2.06. The molecule has 0 aliphatic carbocycles. The summed E-state index contributed by atoms with van der Waals surface area (Å²) in [5.74, 6) is 1.62. The van der Waals surface area contributed by atoms with Gasteiger partial charge in [-0.05, 0) is 30.7 Å². The highest BCUT2D eigenvalue weighted by Gasteiger charge is 2.06. The molecule has 5 nitrogen and oxygen atoms in total. The lowest BCUT2D eigenvalue weighted by atomic mass is 10.2. The molecule has 2 aromatic rings. The number of rotatable bonds is 4. The quantitative estimate of drug-likeness (QED) is 0.903. The molecule has 0 saturated carbocycles. The second-order valence-electron chi connectivity index (χ2n) is 3.51. The van der Waals surface area contributed by atoms with E-state index in [1.807, 2.05) is 19.1 Å². The van der Waals surface area contributed by atoms with Crippen LogP contribution < -0.4 is 10.5 Å². The van der Waals surface area contributed by atoms with Gasteiger partial charge in [-0.1, -0.05) is 16.8 Å². The van der Waals surface area contributed by atoms with Gasteiger partial charge in [-0.2, -0.15) is 4.98 Å². The fourth-order valence-electron chi connectivity index (χ4n) is 1.35. The van der Waals surface area contributed by atoms with E-state index in [9.17, 15) is 0 Å². The third kappa shape index (κ3) is 2.95. The first-order valence-electron chi connectivity index (χ1n) is 5.09. The maximum atomic E-state index is 5.85. The molecule has 0 aliphatic rings. The van der Waals surface area contributed by atoms with Crippen molar-refractivity contribution < 1.29 is 9.26 Å². The van der Waals surface area contributed by atoms with Crippen LogP contribution in [0.4, 0.5) is 0 Å². The van der Waals surface area contributed by atoms with Gasteiger partial charge in [0.1, 0.15) is 5.75 Å². The van der Waals surface area contributed by atoms with E-state index < -0.39 is 0 Å². The van der Waals surface area contributed by atoms with Crippen LogP contribution in [0, 0.1) is 6.92 Å². The van der Waals surface area contributed by atoms with Crippen molar-refractivity contribution in [3.05, 3.63) is 40.5 Å². The Bertz CT molecular complexity index is 513. The summed E-state index contributed by atoms with van der Waals surface area (Å²) in [6.45, 7) is 2.39. The molecule has 0 atom stereocenters. The van der Waals surface area contributed by atoms with E-state index in [0.29, 0.717) is 16.7 Å². The lowest BCUT2D eigenvalue weighted by molar-refractivity contribution is 0.283. The molecule has 0 fully saturated rings. The predicted octanol–water partition coefficient (Wildman–Crippen LogP) is 2.07. The van der Waals surface area contributed by atoms with Gasteiger partial charge in [0.05, 0.1) is 6.54 Å². The molecule has 0 aliphatic heterocycles. The number of hydrogen-bond acceptors (Lipinski definition) is 5. The zero-order chi connectivity index (χ0) is 12.3. The third-order valence-corrected chi connectivity index (χ3v) is 2.41. The molecule has 0 bridgehead atoms. The minimum Gasteiger partial charge on any atom is -0.485 e. The number of hydrogen-bond donors (Lipinski definition) is 1. The van der Waals surface area contributed by atoms with Crippen LogP contribution in [0.15, 0.2) is 22.7 Å². The fraction of sp³-hybridized carbons (Fsp3) is 0.273. The summed E-state index contributed by atoms with van der Waals surface area (Å²) in [5, 5.41) is 4.41. The molecule has 0 unspecified atom stereocenters. The second-order valence-corrected chi connectivity index (χ2v) is 3.94. The van der Waals surface area contributed by atoms with Gasteiger partial charge in [0.2, 0.25) is 11.7 Å². The van der Waals surface area contributed by atoms with Crippen molar-refractivity contribution in [2.45, 2.75) is 20.1 Å². The molecule has 0 saturated heterocycles. The number of nitrogens with zero attached hydrogens (tertiary/aromatic N) is 2. The van der Waals surface area contributed by atoms with Gasteiger partial charge in [0, 0.05) is 5.02 Å². The summed E-state index contributed by atoms with van der Waals surface area (Å²) in [5.41, 5.74) is 6.32. The van der Waals surface area contributed by atoms with Gasteiger partial charge >= 0.3 is 0 Å². The molecule has 90 valence electrons. The van der Waals surface area contributed by atoms with Gasteiger partial charge in [-0.3, -0.25) is 0 Å². The highest BCUT2D eigenvalue weighted by atomic mass is 35.5. The van der Waals surface area contributed by atoms with Gasteiger partial charge in [0.15, 0.2) is 6.61 Å². The molecule has 1 aromatic carbocycles. The van der Waals surface area contributed by atoms with E-state index in [0.717, 1.165) is 11.3 Å². The maximum absolute atomic E-state index is 5.85. The van der Waals surface area contributed by atoms with Crippen LogP contribution in [0.1, 0.15) is 17.3 Å². The van der Waals surface area contributed by atoms with Crippen LogP contribution >= 0.6 is 11.6 Å². The van der Waals surface area contributed by atoms with Crippen molar-refractivity contribution >= 4 is 11.6 Å². The molecule has 2 rings (SSSR count). The Morgan fingerprint density at radius 2 is 2.29 bits per heavy atom. The van der Waals surface area contributed by atoms with Gasteiger partial charge in [-0.25, -0.2) is 0 Å². The molecule has 1 heterocycles.